The van der Waals surface area contributed by atoms with E-state index >= 15 is 0 Å². The molecule has 1 N–H and O–H groups in total. The van der Waals surface area contributed by atoms with Gasteiger partial charge in [-0.1, -0.05) is 24.3 Å². The van der Waals surface area contributed by atoms with E-state index in [-0.39, 0.29) is 11.9 Å². The quantitative estimate of drug-likeness (QED) is 0.911. The first-order valence-corrected chi connectivity index (χ1v) is 7.28. The Morgan fingerprint density at radius 3 is 2.95 bits per heavy atom. The lowest BCUT2D eigenvalue weighted by Gasteiger charge is -2.33. The molecule has 19 heavy (non-hydrogen) atoms. The van der Waals surface area contributed by atoms with E-state index in [0.29, 0.717) is 0 Å². The van der Waals surface area contributed by atoms with Gasteiger partial charge in [-0.25, -0.2) is 0 Å². The van der Waals surface area contributed by atoms with Crippen LogP contribution in [0, 0.1) is 0 Å². The van der Waals surface area contributed by atoms with Crippen LogP contribution in [0.2, 0.25) is 0 Å². The zero-order chi connectivity index (χ0) is 13.2. The second kappa shape index (κ2) is 5.05. The number of amides is 1. The highest BCUT2D eigenvalue weighted by atomic mass is 32.1. The molecule has 3 nitrogen and oxygen atoms in total. The Hall–Kier alpha value is -1.81. The number of hydrogen-bond donors (Lipinski definition) is 1. The second-order valence-electron chi connectivity index (χ2n) is 4.77. The van der Waals surface area contributed by atoms with Gasteiger partial charge < -0.3 is 10.2 Å². The summed E-state index contributed by atoms with van der Waals surface area (Å²) in [7, 11) is 2.09. The zero-order valence-electron chi connectivity index (χ0n) is 10.8. The number of hydrogen-bond acceptors (Lipinski definition) is 3. The topological polar surface area (TPSA) is 32.3 Å². The molecule has 1 amide bonds. The summed E-state index contributed by atoms with van der Waals surface area (Å²) in [6.45, 7) is 0.965. The van der Waals surface area contributed by atoms with Crippen LogP contribution < -0.4 is 10.2 Å². The van der Waals surface area contributed by atoms with Gasteiger partial charge in [0.15, 0.2) is 0 Å². The number of anilines is 1. The van der Waals surface area contributed by atoms with Crippen molar-refractivity contribution in [1.82, 2.24) is 5.32 Å². The van der Waals surface area contributed by atoms with Gasteiger partial charge in [0.2, 0.25) is 0 Å². The van der Waals surface area contributed by atoms with Crippen LogP contribution in [-0.2, 0) is 0 Å². The first-order chi connectivity index (χ1) is 9.25. The van der Waals surface area contributed by atoms with Gasteiger partial charge in [0.05, 0.1) is 10.9 Å². The number of benzene rings is 1. The Bertz CT molecular complexity index is 580. The molecule has 2 aromatic rings. The number of rotatable bonds is 2. The molecule has 1 atom stereocenters. The van der Waals surface area contributed by atoms with Gasteiger partial charge in [0, 0.05) is 19.3 Å². The van der Waals surface area contributed by atoms with E-state index in [1.807, 2.05) is 29.6 Å². The van der Waals surface area contributed by atoms with Crippen LogP contribution in [0.4, 0.5) is 5.69 Å². The highest BCUT2D eigenvalue weighted by molar-refractivity contribution is 7.12. The Kier molecular flexibility index (Phi) is 3.25. The van der Waals surface area contributed by atoms with E-state index in [4.69, 9.17) is 0 Å². The number of carbonyl (C=O) groups excluding carboxylic acids is 1. The van der Waals surface area contributed by atoms with Crippen molar-refractivity contribution in [3.8, 4) is 0 Å². The highest BCUT2D eigenvalue weighted by Gasteiger charge is 2.24. The zero-order valence-corrected chi connectivity index (χ0v) is 11.6. The Morgan fingerprint density at radius 1 is 1.32 bits per heavy atom. The monoisotopic (exact) mass is 272 g/mol. The third kappa shape index (κ3) is 2.36. The fourth-order valence-corrected chi connectivity index (χ4v) is 3.14. The molecule has 3 rings (SSSR count). The average Bonchev–Trinajstić information content (AvgIpc) is 2.96. The minimum Gasteiger partial charge on any atom is -0.374 e. The van der Waals surface area contributed by atoms with Gasteiger partial charge in [0.25, 0.3) is 5.91 Å². The van der Waals surface area contributed by atoms with Crippen molar-refractivity contribution in [2.24, 2.45) is 0 Å². The summed E-state index contributed by atoms with van der Waals surface area (Å²) in [6, 6.07) is 12.2. The van der Waals surface area contributed by atoms with Crippen LogP contribution in [0.5, 0.6) is 0 Å². The van der Waals surface area contributed by atoms with Crippen molar-refractivity contribution in [3.63, 3.8) is 0 Å². The fraction of sp³-hybridized carbons (Fsp3) is 0.267. The van der Waals surface area contributed by atoms with Gasteiger partial charge in [0.1, 0.15) is 0 Å². The lowest BCUT2D eigenvalue weighted by Crippen LogP contribution is -2.36. The normalized spacial score (nSPS) is 17.9. The van der Waals surface area contributed by atoms with Crippen LogP contribution in [0.15, 0.2) is 41.8 Å². The smallest absolute Gasteiger partial charge is 0.261 e. The minimum atomic E-state index is 0.0272. The van der Waals surface area contributed by atoms with Crippen molar-refractivity contribution in [3.05, 3.63) is 52.2 Å². The molecule has 0 bridgehead atoms. The minimum absolute atomic E-state index is 0.0272. The van der Waals surface area contributed by atoms with Crippen molar-refractivity contribution >= 4 is 22.9 Å². The molecule has 2 heterocycles. The summed E-state index contributed by atoms with van der Waals surface area (Å²) in [5.74, 6) is 0.0272. The molecule has 0 spiro atoms. The molecule has 0 radical (unpaired) electrons. The summed E-state index contributed by atoms with van der Waals surface area (Å²) in [5, 5.41) is 5.07. The molecular weight excluding hydrogens is 256 g/mol. The maximum Gasteiger partial charge on any atom is 0.261 e. The lowest BCUT2D eigenvalue weighted by atomic mass is 9.96. The molecule has 4 heteroatoms. The SMILES string of the molecule is CN1CCC(NC(=O)c2cccs2)c2ccccc21. The van der Waals surface area contributed by atoms with Crippen molar-refractivity contribution < 1.29 is 4.79 Å². The van der Waals surface area contributed by atoms with Gasteiger partial charge in [-0.3, -0.25) is 4.79 Å². The van der Waals surface area contributed by atoms with Gasteiger partial charge in [-0.15, -0.1) is 11.3 Å². The van der Waals surface area contributed by atoms with Gasteiger partial charge >= 0.3 is 0 Å². The summed E-state index contributed by atoms with van der Waals surface area (Å²) >= 11 is 1.48. The molecule has 0 saturated carbocycles. The number of thiophene rings is 1. The lowest BCUT2D eigenvalue weighted by molar-refractivity contribution is 0.0938. The van der Waals surface area contributed by atoms with E-state index in [1.54, 1.807) is 0 Å². The highest BCUT2D eigenvalue weighted by Crippen LogP contribution is 2.32. The number of carbonyl (C=O) groups is 1. The van der Waals surface area contributed by atoms with E-state index < -0.39 is 0 Å². The molecule has 98 valence electrons. The van der Waals surface area contributed by atoms with E-state index in [1.165, 1.54) is 22.6 Å². The molecule has 0 fully saturated rings. The van der Waals surface area contributed by atoms with E-state index in [2.05, 4.69) is 29.4 Å². The maximum atomic E-state index is 12.2. The summed E-state index contributed by atoms with van der Waals surface area (Å²) in [4.78, 5) is 15.2. The molecule has 1 aliphatic rings. The molecule has 1 aromatic heterocycles. The molecule has 0 aliphatic carbocycles. The third-order valence-corrected chi connectivity index (χ3v) is 4.40. The van der Waals surface area contributed by atoms with Crippen LogP contribution in [0.1, 0.15) is 27.7 Å². The second-order valence-corrected chi connectivity index (χ2v) is 5.72. The van der Waals surface area contributed by atoms with Crippen LogP contribution in [-0.4, -0.2) is 19.5 Å². The first-order valence-electron chi connectivity index (χ1n) is 6.40. The Balaban J connectivity index is 1.83. The summed E-state index contributed by atoms with van der Waals surface area (Å²) in [5.41, 5.74) is 2.42. The molecule has 1 unspecified atom stereocenters. The largest absolute Gasteiger partial charge is 0.374 e. The van der Waals surface area contributed by atoms with Crippen LogP contribution >= 0.6 is 11.3 Å². The summed E-state index contributed by atoms with van der Waals surface area (Å²) < 4.78 is 0. The Morgan fingerprint density at radius 2 is 2.16 bits per heavy atom. The predicted molar refractivity (Wildman–Crippen MR) is 78.9 cm³/mol. The van der Waals surface area contributed by atoms with Crippen LogP contribution in [0.25, 0.3) is 0 Å². The molecule has 1 aliphatic heterocycles. The van der Waals surface area contributed by atoms with E-state index in [9.17, 15) is 4.79 Å². The van der Waals surface area contributed by atoms with Crippen molar-refractivity contribution in [2.45, 2.75) is 12.5 Å². The van der Waals surface area contributed by atoms with E-state index in [0.717, 1.165) is 17.8 Å². The number of nitrogens with zero attached hydrogens (tertiary/aromatic N) is 1. The predicted octanol–water partition coefficient (Wildman–Crippen LogP) is 3.06. The number of fused-ring (bicyclic) bond motifs is 1. The van der Waals surface area contributed by atoms with Crippen molar-refractivity contribution in [2.75, 3.05) is 18.5 Å². The molecular formula is C15H16N2OS. The Labute approximate surface area is 116 Å². The third-order valence-electron chi connectivity index (χ3n) is 3.53. The molecule has 1 aromatic carbocycles. The first kappa shape index (κ1) is 12.2. The fourth-order valence-electron chi connectivity index (χ4n) is 2.52. The number of nitrogens with one attached hydrogen (secondary N) is 1. The van der Waals surface area contributed by atoms with Crippen LogP contribution in [0.3, 0.4) is 0 Å². The maximum absolute atomic E-state index is 12.2. The number of para-hydroxylation sites is 1. The van der Waals surface area contributed by atoms with Gasteiger partial charge in [-0.05, 0) is 29.5 Å². The summed E-state index contributed by atoms with van der Waals surface area (Å²) in [6.07, 6.45) is 0.949. The average molecular weight is 272 g/mol. The standard InChI is InChI=1S/C15H16N2OS/c1-17-9-8-12(11-5-2-3-6-13(11)17)16-15(18)14-7-4-10-19-14/h2-7,10,12H,8-9H2,1H3,(H,16,18). The van der Waals surface area contributed by atoms with Crippen molar-refractivity contribution in [1.29, 1.82) is 0 Å². The molecule has 0 saturated heterocycles. The van der Waals surface area contributed by atoms with Gasteiger partial charge in [-0.2, -0.15) is 0 Å².